The van der Waals surface area contributed by atoms with Crippen LogP contribution in [0, 0.1) is 0 Å². The lowest BCUT2D eigenvalue weighted by atomic mass is 10.1. The Kier molecular flexibility index (Phi) is 6.71. The van der Waals surface area contributed by atoms with Gasteiger partial charge >= 0.3 is 0 Å². The Hall–Kier alpha value is -2.67. The van der Waals surface area contributed by atoms with Gasteiger partial charge in [-0.05, 0) is 52.7 Å². The van der Waals surface area contributed by atoms with Crippen LogP contribution in [0.15, 0.2) is 58.1 Å². The Bertz CT molecular complexity index is 788. The average Bonchev–Trinajstić information content (AvgIpc) is 2.59. The van der Waals surface area contributed by atoms with E-state index in [0.29, 0.717) is 17.1 Å². The molecule has 2 amide bonds. The van der Waals surface area contributed by atoms with E-state index in [1.165, 1.54) is 6.92 Å². The highest BCUT2D eigenvalue weighted by Crippen LogP contribution is 2.23. The number of benzene rings is 2. The van der Waals surface area contributed by atoms with Gasteiger partial charge in [0.1, 0.15) is 5.75 Å². The zero-order valence-corrected chi connectivity index (χ0v) is 15.5. The standard InChI is InChI=1S/C18H18BrN3O3/c1-12(14-7-9-15(10-8-14)20-13(2)23)21-22-18(24)11-25-17-6-4-3-5-16(17)19/h3-10H,11H2,1-2H3,(H,20,23)(H,22,24)/b21-12-. The number of rotatable bonds is 6. The smallest absolute Gasteiger partial charge is 0.277 e. The molecule has 2 aromatic carbocycles. The molecule has 0 spiro atoms. The first-order chi connectivity index (χ1) is 12.0. The third-order valence-electron chi connectivity index (χ3n) is 3.17. The zero-order chi connectivity index (χ0) is 18.2. The van der Waals surface area contributed by atoms with E-state index in [1.807, 2.05) is 30.3 Å². The SMILES string of the molecule is CC(=O)Nc1ccc(/C(C)=N\NC(=O)COc2ccccc2Br)cc1. The van der Waals surface area contributed by atoms with Crippen LogP contribution in [0.1, 0.15) is 19.4 Å². The van der Waals surface area contributed by atoms with Crippen molar-refractivity contribution in [3.05, 3.63) is 58.6 Å². The summed E-state index contributed by atoms with van der Waals surface area (Å²) in [7, 11) is 0. The summed E-state index contributed by atoms with van der Waals surface area (Å²) in [6.45, 7) is 3.09. The van der Waals surface area contributed by atoms with Gasteiger partial charge in [0.2, 0.25) is 5.91 Å². The first kappa shape index (κ1) is 18.7. The van der Waals surface area contributed by atoms with E-state index in [2.05, 4.69) is 31.8 Å². The molecular formula is C18H18BrN3O3. The van der Waals surface area contributed by atoms with Gasteiger partial charge in [0.05, 0.1) is 10.2 Å². The Morgan fingerprint density at radius 2 is 1.76 bits per heavy atom. The fourth-order valence-corrected chi connectivity index (χ4v) is 2.35. The maximum Gasteiger partial charge on any atom is 0.277 e. The third kappa shape index (κ3) is 6.04. The fourth-order valence-electron chi connectivity index (χ4n) is 1.95. The van der Waals surface area contributed by atoms with Crippen molar-refractivity contribution in [3.8, 4) is 5.75 Å². The molecule has 0 saturated carbocycles. The lowest BCUT2D eigenvalue weighted by molar-refractivity contribution is -0.123. The molecule has 0 aliphatic heterocycles. The molecule has 0 bridgehead atoms. The summed E-state index contributed by atoms with van der Waals surface area (Å²) in [4.78, 5) is 22.8. The van der Waals surface area contributed by atoms with Gasteiger partial charge in [0.15, 0.2) is 6.61 Å². The maximum absolute atomic E-state index is 11.8. The number of hydrazone groups is 1. The summed E-state index contributed by atoms with van der Waals surface area (Å²) in [5, 5.41) is 6.75. The van der Waals surface area contributed by atoms with Crippen LogP contribution in [0.2, 0.25) is 0 Å². The molecule has 0 radical (unpaired) electrons. The van der Waals surface area contributed by atoms with Gasteiger partial charge in [-0.15, -0.1) is 0 Å². The molecule has 0 unspecified atom stereocenters. The summed E-state index contributed by atoms with van der Waals surface area (Å²) in [5.74, 6) is 0.104. The number of halogens is 1. The molecule has 6 nitrogen and oxygen atoms in total. The Morgan fingerprint density at radius 3 is 2.40 bits per heavy atom. The molecule has 25 heavy (non-hydrogen) atoms. The van der Waals surface area contributed by atoms with Crippen molar-refractivity contribution in [3.63, 3.8) is 0 Å². The van der Waals surface area contributed by atoms with Crippen molar-refractivity contribution in [1.29, 1.82) is 0 Å². The molecule has 2 aromatic rings. The summed E-state index contributed by atoms with van der Waals surface area (Å²) in [6, 6.07) is 14.5. The number of para-hydroxylation sites is 1. The number of nitrogens with one attached hydrogen (secondary N) is 2. The molecule has 0 saturated heterocycles. The van der Waals surface area contributed by atoms with Crippen molar-refractivity contribution in [2.75, 3.05) is 11.9 Å². The van der Waals surface area contributed by atoms with Crippen LogP contribution in [0.5, 0.6) is 5.75 Å². The van der Waals surface area contributed by atoms with E-state index < -0.39 is 0 Å². The summed E-state index contributed by atoms with van der Waals surface area (Å²) >= 11 is 3.35. The van der Waals surface area contributed by atoms with Crippen molar-refractivity contribution < 1.29 is 14.3 Å². The monoisotopic (exact) mass is 403 g/mol. The van der Waals surface area contributed by atoms with Crippen LogP contribution in [-0.4, -0.2) is 24.1 Å². The normalized spacial score (nSPS) is 10.9. The number of hydrogen-bond donors (Lipinski definition) is 2. The van der Waals surface area contributed by atoms with Crippen molar-refractivity contribution in [2.24, 2.45) is 5.10 Å². The van der Waals surface area contributed by atoms with E-state index in [4.69, 9.17) is 4.74 Å². The summed E-state index contributed by atoms with van der Waals surface area (Å²) < 4.78 is 6.20. The molecule has 2 N–H and O–H groups in total. The zero-order valence-electron chi connectivity index (χ0n) is 13.9. The van der Waals surface area contributed by atoms with Crippen LogP contribution in [0.4, 0.5) is 5.69 Å². The second-order valence-electron chi connectivity index (χ2n) is 5.21. The van der Waals surface area contributed by atoms with E-state index >= 15 is 0 Å². The van der Waals surface area contributed by atoms with E-state index in [0.717, 1.165) is 10.0 Å². The maximum atomic E-state index is 11.8. The average molecular weight is 404 g/mol. The van der Waals surface area contributed by atoms with E-state index in [1.54, 1.807) is 25.1 Å². The molecule has 0 atom stereocenters. The first-order valence-corrected chi connectivity index (χ1v) is 8.33. The van der Waals surface area contributed by atoms with Gasteiger partial charge in [-0.2, -0.15) is 5.10 Å². The second-order valence-corrected chi connectivity index (χ2v) is 6.06. The second kappa shape index (κ2) is 8.98. The molecule has 130 valence electrons. The number of nitrogens with zero attached hydrogens (tertiary/aromatic N) is 1. The minimum absolute atomic E-state index is 0.129. The number of carbonyl (C=O) groups is 2. The van der Waals surface area contributed by atoms with E-state index in [9.17, 15) is 9.59 Å². The Balaban J connectivity index is 1.88. The van der Waals surface area contributed by atoms with Crippen LogP contribution in [0.3, 0.4) is 0 Å². The highest BCUT2D eigenvalue weighted by Gasteiger charge is 2.05. The fraction of sp³-hybridized carbons (Fsp3) is 0.167. The minimum Gasteiger partial charge on any atom is -0.483 e. The van der Waals surface area contributed by atoms with Crippen LogP contribution >= 0.6 is 15.9 Å². The topological polar surface area (TPSA) is 79.8 Å². The number of carbonyl (C=O) groups excluding carboxylic acids is 2. The summed E-state index contributed by atoms with van der Waals surface area (Å²) in [5.41, 5.74) is 4.64. The molecule has 0 fully saturated rings. The third-order valence-corrected chi connectivity index (χ3v) is 3.82. The van der Waals surface area contributed by atoms with Gasteiger partial charge in [-0.3, -0.25) is 9.59 Å². The quantitative estimate of drug-likeness (QED) is 0.573. The van der Waals surface area contributed by atoms with E-state index in [-0.39, 0.29) is 18.4 Å². The number of hydrogen-bond acceptors (Lipinski definition) is 4. The lowest BCUT2D eigenvalue weighted by Crippen LogP contribution is -2.25. The predicted molar refractivity (Wildman–Crippen MR) is 101 cm³/mol. The molecule has 0 aromatic heterocycles. The largest absolute Gasteiger partial charge is 0.483 e. The summed E-state index contributed by atoms with van der Waals surface area (Å²) in [6.07, 6.45) is 0. The van der Waals surface area contributed by atoms with Crippen LogP contribution in [0.25, 0.3) is 0 Å². The van der Waals surface area contributed by atoms with Gasteiger partial charge < -0.3 is 10.1 Å². The highest BCUT2D eigenvalue weighted by molar-refractivity contribution is 9.10. The number of amides is 2. The number of anilines is 1. The highest BCUT2D eigenvalue weighted by atomic mass is 79.9. The first-order valence-electron chi connectivity index (χ1n) is 7.54. The minimum atomic E-state index is -0.357. The Morgan fingerprint density at radius 1 is 1.08 bits per heavy atom. The van der Waals surface area contributed by atoms with Crippen LogP contribution in [-0.2, 0) is 9.59 Å². The molecule has 0 heterocycles. The van der Waals surface area contributed by atoms with Crippen molar-refractivity contribution >= 4 is 39.1 Å². The van der Waals surface area contributed by atoms with Crippen molar-refractivity contribution in [1.82, 2.24) is 5.43 Å². The number of ether oxygens (including phenoxy) is 1. The molecule has 2 rings (SSSR count). The molecule has 0 aliphatic carbocycles. The van der Waals surface area contributed by atoms with Gasteiger partial charge in [-0.25, -0.2) is 5.43 Å². The van der Waals surface area contributed by atoms with Gasteiger partial charge in [-0.1, -0.05) is 24.3 Å². The molecular weight excluding hydrogens is 386 g/mol. The predicted octanol–water partition coefficient (Wildman–Crippen LogP) is 3.33. The lowest BCUT2D eigenvalue weighted by Gasteiger charge is -2.07. The van der Waals surface area contributed by atoms with Crippen LogP contribution < -0.4 is 15.5 Å². The molecule has 0 aliphatic rings. The van der Waals surface area contributed by atoms with Crippen molar-refractivity contribution in [2.45, 2.75) is 13.8 Å². The Labute approximate surface area is 154 Å². The molecule has 7 heteroatoms. The van der Waals surface area contributed by atoms with Gasteiger partial charge in [0.25, 0.3) is 5.91 Å². The van der Waals surface area contributed by atoms with Gasteiger partial charge in [0, 0.05) is 12.6 Å².